The third-order valence-electron chi connectivity index (χ3n) is 12.8. The van der Waals surface area contributed by atoms with Crippen LogP contribution < -0.4 is 18.3 Å². The van der Waals surface area contributed by atoms with Crippen molar-refractivity contribution >= 4 is 0 Å². The summed E-state index contributed by atoms with van der Waals surface area (Å²) in [6.45, 7) is -0.859. The lowest BCUT2D eigenvalue weighted by Crippen LogP contribution is -2.32. The quantitative estimate of drug-likeness (QED) is 0.135. The number of hydrogen-bond acceptors (Lipinski definition) is 0. The summed E-state index contributed by atoms with van der Waals surface area (Å²) in [5.41, 5.74) is 16.1. The van der Waals surface area contributed by atoms with E-state index in [1.54, 1.807) is 147 Å². The summed E-state index contributed by atoms with van der Waals surface area (Å²) in [6, 6.07) is 27.6. The fourth-order valence-corrected chi connectivity index (χ4v) is 9.08. The van der Waals surface area contributed by atoms with Crippen LogP contribution in [0.1, 0.15) is 168 Å². The smallest absolute Gasteiger partial charge is 0.201 e. The Kier molecular flexibility index (Phi) is 10.4. The molecular formula is C70H92N4+4. The van der Waals surface area contributed by atoms with Crippen molar-refractivity contribution in [1.29, 1.82) is 0 Å². The summed E-state index contributed by atoms with van der Waals surface area (Å²) in [7, 11) is 7.16. The van der Waals surface area contributed by atoms with Gasteiger partial charge in [0.2, 0.25) is 22.8 Å². The number of aryl methyl sites for hydroxylation is 18. The zero-order chi connectivity index (χ0) is 78.5. The largest absolute Gasteiger partial charge is 0.215 e. The maximum Gasteiger partial charge on any atom is 0.215 e. The molecule has 0 radical (unpaired) electrons. The molecule has 388 valence electrons. The van der Waals surface area contributed by atoms with E-state index >= 15 is 0 Å². The van der Waals surface area contributed by atoms with Gasteiger partial charge in [-0.15, -0.1) is 0 Å². The molecule has 0 aliphatic rings. The van der Waals surface area contributed by atoms with E-state index in [0.29, 0.717) is 38.9 Å². The highest BCUT2D eigenvalue weighted by atomic mass is 14.9. The molecule has 0 fully saturated rings. The van der Waals surface area contributed by atoms with Gasteiger partial charge < -0.3 is 0 Å². The Bertz CT molecular complexity index is 4320. The third kappa shape index (κ3) is 14.8. The van der Waals surface area contributed by atoms with Crippen molar-refractivity contribution in [3.63, 3.8) is 0 Å². The standard InChI is InChI=1S/C19H26N.C18H24N.C17H22N.C16H20N/c1-13(2)9-17-7-8-18(15(4)10-17)19-11-14(3)16(5)12-20(19)6;1-12(2)16-7-8-17(14(4)9-16)18-10-13(3)15(5)11-19(18)6;1-6-15-7-8-16(13(3)10-15)17-14(4)9-12(2)11-18(17)5;1-11-6-7-15(13(3)8-11)16-14(4)9-12(2)10-17(16)5/h7-8,10-13H,9H2,1-6H3;7-12H,1-6H3;7-11H,6H2,1-5H3;6-10H,1-5H3/q4*+1/i1D3,5D3,9D2,13D;1D3,5D3,12D;2*1D3,2D3. The lowest BCUT2D eigenvalue weighted by Gasteiger charge is -2.11. The normalized spacial score (nSPS) is 19.6. The van der Waals surface area contributed by atoms with Crippen LogP contribution in [0.4, 0.5) is 0 Å². The molecule has 4 nitrogen and oxygen atoms in total. The fraction of sp³-hybridized carbons (Fsp3) is 0.371. The molecule has 8 rings (SSSR count). The molecule has 0 saturated heterocycles. The van der Waals surface area contributed by atoms with E-state index in [9.17, 15) is 0 Å². The molecule has 0 amide bonds. The first kappa shape index (κ1) is 30.1. The van der Waals surface area contributed by atoms with Gasteiger partial charge in [-0.2, -0.15) is 0 Å². The molecule has 0 N–H and O–H groups in total. The van der Waals surface area contributed by atoms with Crippen molar-refractivity contribution < 1.29 is 56.6 Å². The van der Waals surface area contributed by atoms with Crippen LogP contribution in [0, 0.1) is 95.5 Å². The van der Waals surface area contributed by atoms with Crippen LogP contribution >= 0.6 is 0 Å². The Morgan fingerprint density at radius 2 is 0.878 bits per heavy atom. The minimum atomic E-state index is -2.79. The number of rotatable bonds is 8. The highest BCUT2D eigenvalue weighted by Crippen LogP contribution is 2.29. The fourth-order valence-electron chi connectivity index (χ4n) is 9.08. The molecule has 0 aliphatic heterocycles. The predicted molar refractivity (Wildman–Crippen MR) is 316 cm³/mol. The second-order valence-electron chi connectivity index (χ2n) is 19.3. The van der Waals surface area contributed by atoms with Gasteiger partial charge in [0.25, 0.3) is 0 Å². The molecule has 0 spiro atoms. The molecule has 0 saturated carbocycles. The summed E-state index contributed by atoms with van der Waals surface area (Å²) in [5.74, 6) is -4.02. The van der Waals surface area contributed by atoms with E-state index in [-0.39, 0.29) is 23.1 Å². The zero-order valence-electron chi connectivity index (χ0n) is 73.5. The number of nitrogens with zero attached hydrogens (tertiary/aromatic N) is 4. The molecule has 4 aromatic carbocycles. The van der Waals surface area contributed by atoms with Crippen LogP contribution in [-0.2, 0) is 41.0 Å². The molecule has 0 bridgehead atoms. The Labute approximate surface area is 488 Å². The molecular weight excluding hydrogens is 897 g/mol. The van der Waals surface area contributed by atoms with E-state index in [0.717, 1.165) is 85.3 Å². The molecule has 4 heteroatoms. The minimum Gasteiger partial charge on any atom is -0.201 e. The van der Waals surface area contributed by atoms with Gasteiger partial charge in [0, 0.05) is 106 Å². The molecule has 8 aromatic rings. The topological polar surface area (TPSA) is 15.5 Å². The summed E-state index contributed by atoms with van der Waals surface area (Å²) in [5, 5.41) is 0. The lowest BCUT2D eigenvalue weighted by molar-refractivity contribution is -0.661. The van der Waals surface area contributed by atoms with Crippen molar-refractivity contribution in [3.05, 3.63) is 211 Å². The summed E-state index contributed by atoms with van der Waals surface area (Å²) < 4.78 is 221. The monoisotopic (exact) mass is 1020 g/mol. The van der Waals surface area contributed by atoms with Crippen LogP contribution in [-0.4, -0.2) is 0 Å². The summed E-state index contributed by atoms with van der Waals surface area (Å²) >= 11 is 0. The van der Waals surface area contributed by atoms with Gasteiger partial charge in [-0.05, 0) is 201 Å². The molecule has 4 aromatic heterocycles. The van der Waals surface area contributed by atoms with Gasteiger partial charge in [-0.3, -0.25) is 0 Å². The minimum absolute atomic E-state index is 0.0389. The molecule has 2 atom stereocenters. The van der Waals surface area contributed by atoms with E-state index in [2.05, 4.69) is 0 Å². The second kappa shape index (κ2) is 25.6. The zero-order valence-corrected chi connectivity index (χ0v) is 45.5. The second-order valence-corrected chi connectivity index (χ2v) is 19.3. The Morgan fingerprint density at radius 1 is 0.419 bits per heavy atom. The number of benzene rings is 4. The number of hydrogen-bond donors (Lipinski definition) is 0. The number of pyridine rings is 4. The van der Waals surface area contributed by atoms with E-state index in [4.69, 9.17) is 38.4 Å². The van der Waals surface area contributed by atoms with E-state index < -0.39 is 73.0 Å². The van der Waals surface area contributed by atoms with Crippen LogP contribution in [0.25, 0.3) is 45.0 Å². The molecule has 4 heterocycles. The number of aromatic nitrogens is 4. The average molecular weight is 1020 g/mol. The van der Waals surface area contributed by atoms with E-state index in [1.807, 2.05) is 70.5 Å². The van der Waals surface area contributed by atoms with Crippen LogP contribution in [0.5, 0.6) is 0 Å². The molecule has 2 unspecified atom stereocenters. The van der Waals surface area contributed by atoms with Crippen molar-refractivity contribution in [2.24, 2.45) is 34.1 Å². The Hall–Kier alpha value is -6.52. The molecule has 74 heavy (non-hydrogen) atoms. The third-order valence-corrected chi connectivity index (χ3v) is 12.8. The van der Waals surface area contributed by atoms with Gasteiger partial charge in [-0.25, -0.2) is 18.3 Å². The highest BCUT2D eigenvalue weighted by Gasteiger charge is 2.19. The maximum absolute atomic E-state index is 8.32. The van der Waals surface area contributed by atoms with Crippen molar-refractivity contribution in [2.75, 3.05) is 0 Å². The Morgan fingerprint density at radius 3 is 1.32 bits per heavy atom. The van der Waals surface area contributed by atoms with Gasteiger partial charge in [0.15, 0.2) is 24.8 Å². The lowest BCUT2D eigenvalue weighted by atomic mass is 9.95. The predicted octanol–water partition coefficient (Wildman–Crippen LogP) is 15.6. The molecule has 0 aliphatic carbocycles. The van der Waals surface area contributed by atoms with Crippen molar-refractivity contribution in [2.45, 2.75) is 143 Å². The van der Waals surface area contributed by atoms with Gasteiger partial charge in [-0.1, -0.05) is 88.5 Å². The van der Waals surface area contributed by atoms with Crippen LogP contribution in [0.15, 0.2) is 122 Å². The SMILES string of the molecule is [2H]C([2H])([2H])Cc1ccc(-c2c(C)cc(C([2H])([2H])[2H])c[n+]2C)c(C)c1.[2H]C([2H])([2H])c1c[n+](C)c(-c2ccc(C([2H])(C)C([2H])([2H])[2H])cc2C)cc1C.[2H]C([2H])([2H])c1c[n+](C)c(-c2ccc(C([2H])([2H])C([2H])(C)C([2H])([2H])[2H])cc2C)cc1C.[2H]C([2H])([2H])c1ccc(-c2c(C)cc(C([2H])([2H])[2H])c[n+]2C)c(C)c1. The summed E-state index contributed by atoms with van der Waals surface area (Å²) in [4.78, 5) is 0. The van der Waals surface area contributed by atoms with Gasteiger partial charge in [0.1, 0.15) is 28.2 Å². The van der Waals surface area contributed by atoms with Crippen LogP contribution in [0.2, 0.25) is 0 Å². The summed E-state index contributed by atoms with van der Waals surface area (Å²) in [6.07, 6.45) is 4.06. The Balaban J connectivity index is 0.000000246. The van der Waals surface area contributed by atoms with Crippen molar-refractivity contribution in [3.8, 4) is 45.0 Å². The van der Waals surface area contributed by atoms with Gasteiger partial charge in [0.05, 0.1) is 0 Å². The first-order chi connectivity index (χ1) is 45.9. The van der Waals surface area contributed by atoms with Crippen molar-refractivity contribution in [1.82, 2.24) is 0 Å². The first-order valence-electron chi connectivity index (χ1n) is 38.3. The first-order valence-corrected chi connectivity index (χ1v) is 24.3. The highest BCUT2D eigenvalue weighted by molar-refractivity contribution is 5.67. The van der Waals surface area contributed by atoms with Crippen LogP contribution in [0.3, 0.4) is 0 Å². The van der Waals surface area contributed by atoms with Gasteiger partial charge >= 0.3 is 0 Å². The average Bonchev–Trinajstić information content (AvgIpc) is 0.762. The maximum atomic E-state index is 8.32. The van der Waals surface area contributed by atoms with E-state index in [1.165, 1.54) is 13.0 Å².